The fraction of sp³-hybridized carbons (Fsp3) is 0.706. The number of hydrogen-bond acceptors (Lipinski definition) is 2. The lowest BCUT2D eigenvalue weighted by Crippen LogP contribution is -1.97. The summed E-state index contributed by atoms with van der Waals surface area (Å²) in [6, 6.07) is 3.83. The van der Waals surface area contributed by atoms with Gasteiger partial charge in [-0.3, -0.25) is 4.98 Å². The van der Waals surface area contributed by atoms with Crippen molar-refractivity contribution in [2.24, 2.45) is 0 Å². The molecule has 0 aliphatic rings. The van der Waals surface area contributed by atoms with Gasteiger partial charge in [-0.05, 0) is 18.1 Å². The Hall–Kier alpha value is -0.890. The molecule has 1 atom stereocenters. The maximum absolute atomic E-state index is 9.98. The van der Waals surface area contributed by atoms with E-state index in [2.05, 4.69) is 11.9 Å². The highest BCUT2D eigenvalue weighted by molar-refractivity contribution is 5.11. The Balaban J connectivity index is 1.93. The van der Waals surface area contributed by atoms with Crippen LogP contribution in [-0.4, -0.2) is 10.1 Å². The molecule has 108 valence electrons. The van der Waals surface area contributed by atoms with Gasteiger partial charge in [0.15, 0.2) is 0 Å². The molecule has 0 radical (unpaired) electrons. The van der Waals surface area contributed by atoms with Gasteiger partial charge in [-0.15, -0.1) is 0 Å². The van der Waals surface area contributed by atoms with E-state index in [-0.39, 0.29) is 6.10 Å². The van der Waals surface area contributed by atoms with Gasteiger partial charge >= 0.3 is 0 Å². The minimum absolute atomic E-state index is 0.335. The molecule has 0 aromatic carbocycles. The van der Waals surface area contributed by atoms with E-state index in [0.29, 0.717) is 0 Å². The van der Waals surface area contributed by atoms with E-state index >= 15 is 0 Å². The lowest BCUT2D eigenvalue weighted by Gasteiger charge is -2.09. The van der Waals surface area contributed by atoms with E-state index in [0.717, 1.165) is 18.4 Å². The summed E-state index contributed by atoms with van der Waals surface area (Å²) in [7, 11) is 0. The van der Waals surface area contributed by atoms with Crippen molar-refractivity contribution in [1.29, 1.82) is 0 Å². The third-order valence-corrected chi connectivity index (χ3v) is 3.65. The lowest BCUT2D eigenvalue weighted by molar-refractivity contribution is 0.163. The van der Waals surface area contributed by atoms with Gasteiger partial charge < -0.3 is 5.11 Å². The Bertz CT molecular complexity index is 299. The molecule has 1 aromatic rings. The van der Waals surface area contributed by atoms with Crippen LogP contribution >= 0.6 is 0 Å². The molecular formula is C17H29NO. The van der Waals surface area contributed by atoms with Crippen molar-refractivity contribution >= 4 is 0 Å². The normalized spacial score (nSPS) is 12.5. The fourth-order valence-corrected chi connectivity index (χ4v) is 2.39. The molecule has 0 aliphatic heterocycles. The molecule has 0 saturated heterocycles. The zero-order chi connectivity index (χ0) is 13.8. The van der Waals surface area contributed by atoms with Gasteiger partial charge in [-0.25, -0.2) is 0 Å². The van der Waals surface area contributed by atoms with Crippen LogP contribution in [0.1, 0.15) is 82.8 Å². The molecule has 1 aromatic heterocycles. The second-order valence-electron chi connectivity index (χ2n) is 5.42. The molecule has 0 spiro atoms. The van der Waals surface area contributed by atoms with Crippen molar-refractivity contribution in [3.8, 4) is 0 Å². The van der Waals surface area contributed by atoms with Crippen molar-refractivity contribution in [2.75, 3.05) is 0 Å². The van der Waals surface area contributed by atoms with Crippen LogP contribution in [0.5, 0.6) is 0 Å². The Morgan fingerprint density at radius 3 is 2.21 bits per heavy atom. The van der Waals surface area contributed by atoms with Crippen LogP contribution in [0, 0.1) is 0 Å². The predicted molar refractivity (Wildman–Crippen MR) is 81.0 cm³/mol. The summed E-state index contributed by atoms with van der Waals surface area (Å²) >= 11 is 0. The van der Waals surface area contributed by atoms with Crippen molar-refractivity contribution in [3.05, 3.63) is 30.1 Å². The number of aliphatic hydroxyl groups is 1. The van der Waals surface area contributed by atoms with Crippen LogP contribution < -0.4 is 0 Å². The molecule has 1 rings (SSSR count). The lowest BCUT2D eigenvalue weighted by atomic mass is 10.0. The van der Waals surface area contributed by atoms with Gasteiger partial charge in [0.2, 0.25) is 0 Å². The van der Waals surface area contributed by atoms with Gasteiger partial charge in [0, 0.05) is 12.4 Å². The topological polar surface area (TPSA) is 33.1 Å². The molecule has 2 heteroatoms. The zero-order valence-electron chi connectivity index (χ0n) is 12.4. The Labute approximate surface area is 118 Å². The van der Waals surface area contributed by atoms with E-state index in [1.807, 2.05) is 12.1 Å². The summed E-state index contributed by atoms with van der Waals surface area (Å²) in [5.74, 6) is 0. The van der Waals surface area contributed by atoms with Gasteiger partial charge in [0.05, 0.1) is 6.10 Å². The van der Waals surface area contributed by atoms with Crippen molar-refractivity contribution in [3.63, 3.8) is 0 Å². The van der Waals surface area contributed by atoms with Gasteiger partial charge in [-0.2, -0.15) is 0 Å². The second kappa shape index (κ2) is 11.0. The minimum Gasteiger partial charge on any atom is -0.388 e. The highest BCUT2D eigenvalue weighted by Gasteiger charge is 2.06. The molecule has 19 heavy (non-hydrogen) atoms. The SMILES string of the molecule is CCCCCCCCCCCC(O)c1cccnc1. The molecule has 2 nitrogen and oxygen atoms in total. The highest BCUT2D eigenvalue weighted by atomic mass is 16.3. The molecular weight excluding hydrogens is 234 g/mol. The smallest absolute Gasteiger partial charge is 0.0804 e. The number of unbranched alkanes of at least 4 members (excludes halogenated alkanes) is 8. The Kier molecular flexibility index (Phi) is 9.34. The maximum Gasteiger partial charge on any atom is 0.0804 e. The van der Waals surface area contributed by atoms with Crippen LogP contribution in [0.25, 0.3) is 0 Å². The molecule has 0 aliphatic carbocycles. The summed E-state index contributed by atoms with van der Waals surface area (Å²) in [6.45, 7) is 2.26. The van der Waals surface area contributed by atoms with Crippen LogP contribution in [0.4, 0.5) is 0 Å². The summed E-state index contributed by atoms with van der Waals surface area (Å²) in [5.41, 5.74) is 0.946. The van der Waals surface area contributed by atoms with Crippen molar-refractivity contribution in [2.45, 2.75) is 77.2 Å². The molecule has 0 fully saturated rings. The highest BCUT2D eigenvalue weighted by Crippen LogP contribution is 2.19. The largest absolute Gasteiger partial charge is 0.388 e. The van der Waals surface area contributed by atoms with E-state index in [1.165, 1.54) is 51.4 Å². The Morgan fingerprint density at radius 1 is 1.00 bits per heavy atom. The Morgan fingerprint density at radius 2 is 1.63 bits per heavy atom. The van der Waals surface area contributed by atoms with Gasteiger partial charge in [-0.1, -0.05) is 70.8 Å². The standard InChI is InChI=1S/C17H29NO/c1-2-3-4-5-6-7-8-9-10-13-17(19)16-12-11-14-18-15-16/h11-12,14-15,17,19H,2-10,13H2,1H3. The molecule has 0 saturated carbocycles. The number of aliphatic hydroxyl groups excluding tert-OH is 1. The predicted octanol–water partition coefficient (Wildman–Crippen LogP) is 5.04. The number of pyridine rings is 1. The van der Waals surface area contributed by atoms with E-state index in [9.17, 15) is 5.11 Å². The first-order valence-electron chi connectivity index (χ1n) is 7.92. The van der Waals surface area contributed by atoms with E-state index in [4.69, 9.17) is 0 Å². The van der Waals surface area contributed by atoms with Crippen molar-refractivity contribution in [1.82, 2.24) is 4.98 Å². The minimum atomic E-state index is -0.335. The monoisotopic (exact) mass is 263 g/mol. The maximum atomic E-state index is 9.98. The average molecular weight is 263 g/mol. The van der Waals surface area contributed by atoms with Crippen LogP contribution in [0.2, 0.25) is 0 Å². The number of nitrogens with zero attached hydrogens (tertiary/aromatic N) is 1. The molecule has 0 amide bonds. The third-order valence-electron chi connectivity index (χ3n) is 3.65. The van der Waals surface area contributed by atoms with E-state index < -0.39 is 0 Å². The fourth-order valence-electron chi connectivity index (χ4n) is 2.39. The number of hydrogen-bond donors (Lipinski definition) is 1. The number of rotatable bonds is 11. The summed E-state index contributed by atoms with van der Waals surface area (Å²) < 4.78 is 0. The van der Waals surface area contributed by atoms with Crippen LogP contribution in [0.3, 0.4) is 0 Å². The molecule has 1 unspecified atom stereocenters. The molecule has 0 bridgehead atoms. The van der Waals surface area contributed by atoms with Gasteiger partial charge in [0.1, 0.15) is 0 Å². The molecule has 1 heterocycles. The summed E-state index contributed by atoms with van der Waals surface area (Å²) in [6.07, 6.45) is 15.9. The first-order chi connectivity index (χ1) is 9.34. The first-order valence-corrected chi connectivity index (χ1v) is 7.92. The quantitative estimate of drug-likeness (QED) is 0.568. The van der Waals surface area contributed by atoms with Crippen LogP contribution in [-0.2, 0) is 0 Å². The summed E-state index contributed by atoms with van der Waals surface area (Å²) in [4.78, 5) is 4.04. The van der Waals surface area contributed by atoms with Gasteiger partial charge in [0.25, 0.3) is 0 Å². The summed E-state index contributed by atoms with van der Waals surface area (Å²) in [5, 5.41) is 9.98. The average Bonchev–Trinajstić information content (AvgIpc) is 2.46. The van der Waals surface area contributed by atoms with Crippen molar-refractivity contribution < 1.29 is 5.11 Å². The zero-order valence-corrected chi connectivity index (χ0v) is 12.4. The van der Waals surface area contributed by atoms with Crippen LogP contribution in [0.15, 0.2) is 24.5 Å². The second-order valence-corrected chi connectivity index (χ2v) is 5.42. The van der Waals surface area contributed by atoms with E-state index in [1.54, 1.807) is 12.4 Å². The first kappa shape index (κ1) is 16.2. The third kappa shape index (κ3) is 7.99. The molecule has 1 N–H and O–H groups in total. The number of aromatic nitrogens is 1.